The first kappa shape index (κ1) is 21.2. The molecule has 0 heterocycles. The molecule has 0 aromatic rings. The lowest BCUT2D eigenvalue weighted by Gasteiger charge is -2.64. The second-order valence-corrected chi connectivity index (χ2v) is 11.7. The van der Waals surface area contributed by atoms with Gasteiger partial charge in [-0.3, -0.25) is 9.59 Å². The van der Waals surface area contributed by atoms with E-state index in [9.17, 15) is 19.8 Å². The van der Waals surface area contributed by atoms with Crippen LogP contribution in [0.2, 0.25) is 0 Å². The van der Waals surface area contributed by atoms with Gasteiger partial charge in [-0.25, -0.2) is 0 Å². The molecule has 4 aliphatic rings. The molecular weight excluding hydrogens is 364 g/mol. The van der Waals surface area contributed by atoms with E-state index < -0.39 is 17.9 Å². The summed E-state index contributed by atoms with van der Waals surface area (Å²) in [5.74, 6) is -0.695. The number of carbonyl (C=O) groups is 2. The molecule has 4 heteroatoms. The van der Waals surface area contributed by atoms with E-state index >= 15 is 0 Å². The Morgan fingerprint density at radius 1 is 0.862 bits per heavy atom. The van der Waals surface area contributed by atoms with Gasteiger partial charge in [-0.15, -0.1) is 0 Å². The zero-order valence-corrected chi connectivity index (χ0v) is 18.6. The van der Waals surface area contributed by atoms with Gasteiger partial charge in [-0.2, -0.15) is 0 Å². The van der Waals surface area contributed by atoms with Crippen LogP contribution in [0.25, 0.3) is 0 Å². The van der Waals surface area contributed by atoms with Gasteiger partial charge in [0.2, 0.25) is 0 Å². The highest BCUT2D eigenvalue weighted by atomic mass is 16.4. The molecule has 0 aromatic heterocycles. The lowest BCUT2D eigenvalue weighted by molar-refractivity contribution is -0.156. The maximum atomic E-state index is 11.3. The van der Waals surface area contributed by atoms with E-state index in [1.807, 2.05) is 0 Å². The number of carboxylic acids is 2. The maximum Gasteiger partial charge on any atom is 0.317 e. The molecule has 2 N–H and O–H groups in total. The van der Waals surface area contributed by atoms with Crippen LogP contribution in [-0.2, 0) is 9.59 Å². The average Bonchev–Trinajstić information content (AvgIpc) is 2.98. The van der Waals surface area contributed by atoms with Crippen LogP contribution in [0.15, 0.2) is 0 Å². The largest absolute Gasteiger partial charge is 0.481 e. The first-order valence-corrected chi connectivity index (χ1v) is 12.1. The number of carboxylic acid groups (broad SMARTS) is 2. The molecule has 4 nitrogen and oxygen atoms in total. The van der Waals surface area contributed by atoms with Gasteiger partial charge in [0, 0.05) is 0 Å². The van der Waals surface area contributed by atoms with E-state index in [2.05, 4.69) is 20.8 Å². The van der Waals surface area contributed by atoms with E-state index in [0.29, 0.717) is 16.7 Å². The molecule has 0 aliphatic heterocycles. The van der Waals surface area contributed by atoms with Gasteiger partial charge in [-0.1, -0.05) is 33.6 Å². The summed E-state index contributed by atoms with van der Waals surface area (Å²) in [7, 11) is 0. The third-order valence-corrected chi connectivity index (χ3v) is 10.9. The number of hydrogen-bond acceptors (Lipinski definition) is 2. The molecule has 0 amide bonds. The van der Waals surface area contributed by atoms with Crippen LogP contribution in [0.1, 0.15) is 97.8 Å². The van der Waals surface area contributed by atoms with E-state index in [1.165, 1.54) is 57.8 Å². The van der Waals surface area contributed by atoms with Crippen molar-refractivity contribution in [3.05, 3.63) is 0 Å². The number of fused-ring (bicyclic) bond motifs is 5. The van der Waals surface area contributed by atoms with E-state index in [0.717, 1.165) is 30.6 Å². The van der Waals surface area contributed by atoms with Gasteiger partial charge in [0.05, 0.1) is 0 Å². The minimum atomic E-state index is -1.24. The molecule has 4 saturated carbocycles. The van der Waals surface area contributed by atoms with Crippen LogP contribution in [0.5, 0.6) is 0 Å². The minimum Gasteiger partial charge on any atom is -0.481 e. The molecule has 0 spiro atoms. The lowest BCUT2D eigenvalue weighted by atomic mass is 9.40. The third-order valence-electron chi connectivity index (χ3n) is 10.9. The van der Waals surface area contributed by atoms with Crippen molar-refractivity contribution in [1.29, 1.82) is 0 Å². The van der Waals surface area contributed by atoms with E-state index in [4.69, 9.17) is 0 Å². The molecule has 29 heavy (non-hydrogen) atoms. The van der Waals surface area contributed by atoms with Gasteiger partial charge in [0.1, 0.15) is 0 Å². The molecule has 0 radical (unpaired) electrons. The molecule has 4 fully saturated rings. The van der Waals surface area contributed by atoms with Crippen molar-refractivity contribution in [3.63, 3.8) is 0 Å². The summed E-state index contributed by atoms with van der Waals surface area (Å²) in [5.41, 5.74) is 1.29. The highest BCUT2D eigenvalue weighted by Crippen LogP contribution is 2.70. The van der Waals surface area contributed by atoms with Gasteiger partial charge in [0.15, 0.2) is 5.92 Å². The second-order valence-electron chi connectivity index (χ2n) is 11.7. The fourth-order valence-corrected chi connectivity index (χ4v) is 8.91. The fraction of sp³-hybridized carbons (Fsp3) is 0.920. The Balaban J connectivity index is 1.50. The predicted octanol–water partition coefficient (Wildman–Crippen LogP) is 5.99. The Bertz CT molecular complexity index is 660. The van der Waals surface area contributed by atoms with Crippen molar-refractivity contribution < 1.29 is 19.8 Å². The first-order valence-electron chi connectivity index (χ1n) is 12.1. The number of rotatable bonds is 5. The Morgan fingerprint density at radius 3 is 2.24 bits per heavy atom. The van der Waals surface area contributed by atoms with Crippen LogP contribution in [0.4, 0.5) is 0 Å². The van der Waals surface area contributed by atoms with Crippen molar-refractivity contribution >= 4 is 11.9 Å². The predicted molar refractivity (Wildman–Crippen MR) is 112 cm³/mol. The Hall–Kier alpha value is -1.06. The molecule has 0 saturated heterocycles. The van der Waals surface area contributed by atoms with Crippen molar-refractivity contribution in [1.82, 2.24) is 0 Å². The van der Waals surface area contributed by atoms with Crippen LogP contribution in [0.3, 0.4) is 0 Å². The zero-order chi connectivity index (χ0) is 21.0. The van der Waals surface area contributed by atoms with Crippen LogP contribution in [0, 0.1) is 45.8 Å². The highest BCUT2D eigenvalue weighted by molar-refractivity contribution is 5.92. The summed E-state index contributed by atoms with van der Waals surface area (Å²) in [6, 6.07) is 0. The van der Waals surface area contributed by atoms with Crippen molar-refractivity contribution in [3.8, 4) is 0 Å². The van der Waals surface area contributed by atoms with Crippen molar-refractivity contribution in [2.24, 2.45) is 45.8 Å². The molecule has 7 unspecified atom stereocenters. The summed E-state index contributed by atoms with van der Waals surface area (Å²) in [5, 5.41) is 18.5. The topological polar surface area (TPSA) is 74.6 Å². The molecule has 7 atom stereocenters. The summed E-state index contributed by atoms with van der Waals surface area (Å²) >= 11 is 0. The van der Waals surface area contributed by atoms with Gasteiger partial charge in [-0.05, 0) is 104 Å². The van der Waals surface area contributed by atoms with Crippen molar-refractivity contribution in [2.45, 2.75) is 97.8 Å². The molecule has 4 aliphatic carbocycles. The molecule has 0 bridgehead atoms. The van der Waals surface area contributed by atoms with Crippen LogP contribution >= 0.6 is 0 Å². The van der Waals surface area contributed by atoms with Crippen molar-refractivity contribution in [2.75, 3.05) is 0 Å². The summed E-state index contributed by atoms with van der Waals surface area (Å²) < 4.78 is 0. The van der Waals surface area contributed by atoms with Crippen LogP contribution in [-0.4, -0.2) is 22.2 Å². The fourth-order valence-electron chi connectivity index (χ4n) is 8.91. The lowest BCUT2D eigenvalue weighted by Crippen LogP contribution is -2.56. The summed E-state index contributed by atoms with van der Waals surface area (Å²) in [6.07, 6.45) is 14.4. The SMILES string of the molecule is CC12CCC3C(CCC4(C)CCCCC34C)C1CCC2CCC(C(=O)O)C(=O)O. The van der Waals surface area contributed by atoms with Gasteiger partial charge < -0.3 is 10.2 Å². The third kappa shape index (κ3) is 3.15. The second kappa shape index (κ2) is 7.27. The number of hydrogen-bond donors (Lipinski definition) is 2. The van der Waals surface area contributed by atoms with Crippen LogP contribution < -0.4 is 0 Å². The Kier molecular flexibility index (Phi) is 5.31. The smallest absolute Gasteiger partial charge is 0.317 e. The zero-order valence-electron chi connectivity index (χ0n) is 18.6. The quantitative estimate of drug-likeness (QED) is 0.552. The normalized spacial score (nSPS) is 46.6. The standard InChI is InChI=1S/C25H40O4/c1-23-12-4-5-13-25(23,3)20-11-15-24(2)16(6-8-18(21(26)27)22(28)29)7-9-19(24)17(20)10-14-23/h16-20H,4-15H2,1-3H3,(H,26,27)(H,28,29). The van der Waals surface area contributed by atoms with E-state index in [-0.39, 0.29) is 11.8 Å². The Morgan fingerprint density at radius 2 is 1.55 bits per heavy atom. The molecule has 164 valence electrons. The first-order chi connectivity index (χ1) is 13.6. The van der Waals surface area contributed by atoms with Gasteiger partial charge in [0.25, 0.3) is 0 Å². The maximum absolute atomic E-state index is 11.3. The summed E-state index contributed by atoms with van der Waals surface area (Å²) in [6.45, 7) is 7.65. The van der Waals surface area contributed by atoms with Gasteiger partial charge >= 0.3 is 11.9 Å². The average molecular weight is 405 g/mol. The monoisotopic (exact) mass is 404 g/mol. The molecule has 0 aromatic carbocycles. The number of aliphatic carboxylic acids is 2. The molecular formula is C25H40O4. The Labute approximate surface area is 175 Å². The highest BCUT2D eigenvalue weighted by Gasteiger charge is 2.62. The minimum absolute atomic E-state index is 0.279. The van der Waals surface area contributed by atoms with E-state index in [1.54, 1.807) is 0 Å². The molecule has 4 rings (SSSR count). The summed E-state index contributed by atoms with van der Waals surface area (Å²) in [4.78, 5) is 22.6.